The molecule has 1 fully saturated rings. The molecule has 2 rings (SSSR count). The first-order valence-electron chi connectivity index (χ1n) is 5.75. The van der Waals surface area contributed by atoms with Crippen molar-refractivity contribution in [2.24, 2.45) is 0 Å². The number of sulfonamides is 1. The van der Waals surface area contributed by atoms with Crippen LogP contribution in [-0.4, -0.2) is 27.7 Å². The Morgan fingerprint density at radius 2 is 1.94 bits per heavy atom. The van der Waals surface area contributed by atoms with Crippen molar-refractivity contribution in [2.75, 3.05) is 7.11 Å². The van der Waals surface area contributed by atoms with Gasteiger partial charge in [0, 0.05) is 18.5 Å². The lowest BCUT2D eigenvalue weighted by molar-refractivity contribution is 0.0236. The van der Waals surface area contributed by atoms with Gasteiger partial charge in [0.2, 0.25) is 10.0 Å². The lowest BCUT2D eigenvalue weighted by Gasteiger charge is -2.34. The van der Waals surface area contributed by atoms with Gasteiger partial charge in [0.1, 0.15) is 0 Å². The largest absolute Gasteiger partial charge is 0.381 e. The molecule has 0 unspecified atom stereocenters. The number of hydrogen-bond donors (Lipinski definition) is 1. The molecule has 0 radical (unpaired) electrons. The van der Waals surface area contributed by atoms with Gasteiger partial charge in [-0.2, -0.15) is 0 Å². The van der Waals surface area contributed by atoms with Crippen molar-refractivity contribution in [3.05, 3.63) is 29.8 Å². The van der Waals surface area contributed by atoms with Crippen LogP contribution in [0.1, 0.15) is 18.4 Å². The summed E-state index contributed by atoms with van der Waals surface area (Å²) in [5.74, 6) is 0. The van der Waals surface area contributed by atoms with Gasteiger partial charge in [-0.15, -0.1) is 0 Å². The molecule has 100 valence electrons. The molecule has 0 aromatic heterocycles. The highest BCUT2D eigenvalue weighted by atomic mass is 79.9. The first kappa shape index (κ1) is 14.0. The molecule has 1 aromatic rings. The Labute approximate surface area is 116 Å². The van der Waals surface area contributed by atoms with E-state index in [9.17, 15) is 8.42 Å². The van der Waals surface area contributed by atoms with Crippen molar-refractivity contribution in [1.29, 1.82) is 0 Å². The highest BCUT2D eigenvalue weighted by Gasteiger charge is 2.32. The number of benzene rings is 1. The Kier molecular flexibility index (Phi) is 4.42. The van der Waals surface area contributed by atoms with E-state index in [4.69, 9.17) is 4.74 Å². The van der Waals surface area contributed by atoms with Crippen LogP contribution in [0.2, 0.25) is 0 Å². The molecule has 0 atom stereocenters. The van der Waals surface area contributed by atoms with Gasteiger partial charge in [-0.3, -0.25) is 0 Å². The summed E-state index contributed by atoms with van der Waals surface area (Å²) in [4.78, 5) is 0.313. The van der Waals surface area contributed by atoms with Crippen LogP contribution in [0.25, 0.3) is 0 Å². The molecule has 0 spiro atoms. The van der Waals surface area contributed by atoms with Crippen molar-refractivity contribution in [3.8, 4) is 0 Å². The molecule has 6 heteroatoms. The Morgan fingerprint density at radius 1 is 1.33 bits per heavy atom. The number of halogens is 1. The second-order valence-corrected chi connectivity index (χ2v) is 6.70. The van der Waals surface area contributed by atoms with E-state index in [1.165, 1.54) is 0 Å². The smallest absolute Gasteiger partial charge is 0.240 e. The monoisotopic (exact) mass is 333 g/mol. The van der Waals surface area contributed by atoms with Crippen molar-refractivity contribution < 1.29 is 13.2 Å². The summed E-state index contributed by atoms with van der Waals surface area (Å²) in [6, 6.07) is 6.87. The Morgan fingerprint density at radius 3 is 2.44 bits per heavy atom. The molecule has 0 saturated heterocycles. The summed E-state index contributed by atoms with van der Waals surface area (Å²) < 4.78 is 32.0. The molecule has 1 saturated carbocycles. The normalized spacial score (nSPS) is 23.7. The van der Waals surface area contributed by atoms with E-state index >= 15 is 0 Å². The summed E-state index contributed by atoms with van der Waals surface area (Å²) in [6.45, 7) is 0. The molecule has 18 heavy (non-hydrogen) atoms. The van der Waals surface area contributed by atoms with Gasteiger partial charge in [-0.05, 0) is 30.5 Å². The van der Waals surface area contributed by atoms with Crippen molar-refractivity contribution in [2.45, 2.75) is 35.2 Å². The van der Waals surface area contributed by atoms with E-state index in [0.717, 1.165) is 23.7 Å². The lowest BCUT2D eigenvalue weighted by atomic mass is 9.90. The molecular weight excluding hydrogens is 318 g/mol. The molecule has 1 aliphatic rings. The van der Waals surface area contributed by atoms with E-state index in [1.54, 1.807) is 19.2 Å². The van der Waals surface area contributed by atoms with Crippen LogP contribution >= 0.6 is 15.9 Å². The minimum atomic E-state index is -3.40. The number of hydrogen-bond acceptors (Lipinski definition) is 3. The van der Waals surface area contributed by atoms with E-state index < -0.39 is 10.0 Å². The highest BCUT2D eigenvalue weighted by Crippen LogP contribution is 2.24. The van der Waals surface area contributed by atoms with Gasteiger partial charge in [0.15, 0.2) is 0 Å². The quantitative estimate of drug-likeness (QED) is 0.839. The van der Waals surface area contributed by atoms with Gasteiger partial charge in [0.05, 0.1) is 11.0 Å². The van der Waals surface area contributed by atoms with Crippen LogP contribution in [0.3, 0.4) is 0 Å². The summed E-state index contributed by atoms with van der Waals surface area (Å²) in [7, 11) is -1.75. The number of methoxy groups -OCH3 is 1. The van der Waals surface area contributed by atoms with Crippen molar-refractivity contribution in [1.82, 2.24) is 4.72 Å². The first-order valence-corrected chi connectivity index (χ1v) is 8.35. The zero-order chi connectivity index (χ0) is 13.2. The fourth-order valence-corrected chi connectivity index (χ4v) is 3.54. The molecular formula is C12H16BrNO3S. The summed E-state index contributed by atoms with van der Waals surface area (Å²) >= 11 is 3.33. The van der Waals surface area contributed by atoms with Gasteiger partial charge in [-0.1, -0.05) is 28.1 Å². The van der Waals surface area contributed by atoms with Gasteiger partial charge >= 0.3 is 0 Å². The number of alkyl halides is 1. The minimum Gasteiger partial charge on any atom is -0.381 e. The zero-order valence-electron chi connectivity index (χ0n) is 10.1. The van der Waals surface area contributed by atoms with Crippen LogP contribution in [0.15, 0.2) is 29.2 Å². The average molecular weight is 334 g/mol. The molecule has 0 heterocycles. The molecule has 1 aliphatic carbocycles. The summed E-state index contributed by atoms with van der Waals surface area (Å²) in [6.07, 6.45) is 1.68. The zero-order valence-corrected chi connectivity index (χ0v) is 12.5. The van der Waals surface area contributed by atoms with Crippen molar-refractivity contribution in [3.63, 3.8) is 0 Å². The number of rotatable bonds is 5. The average Bonchev–Trinajstić information content (AvgIpc) is 2.33. The maximum atomic E-state index is 12.1. The molecule has 0 bridgehead atoms. The van der Waals surface area contributed by atoms with Gasteiger partial charge in [-0.25, -0.2) is 13.1 Å². The highest BCUT2D eigenvalue weighted by molar-refractivity contribution is 9.08. The maximum absolute atomic E-state index is 12.1. The maximum Gasteiger partial charge on any atom is 0.240 e. The molecule has 0 amide bonds. The van der Waals surface area contributed by atoms with Crippen molar-refractivity contribution >= 4 is 26.0 Å². The summed E-state index contributed by atoms with van der Waals surface area (Å²) in [5, 5.41) is 0.721. The van der Waals surface area contributed by atoms with Crippen LogP contribution in [0, 0.1) is 0 Å². The van der Waals surface area contributed by atoms with Gasteiger partial charge < -0.3 is 4.74 Å². The summed E-state index contributed by atoms with van der Waals surface area (Å²) in [5.41, 5.74) is 1.05. The van der Waals surface area contributed by atoms with Gasteiger partial charge in [0.25, 0.3) is 0 Å². The fourth-order valence-electron chi connectivity index (χ4n) is 1.90. The van der Waals surface area contributed by atoms with Crippen LogP contribution in [0.5, 0.6) is 0 Å². The van der Waals surface area contributed by atoms with Crippen LogP contribution < -0.4 is 4.72 Å². The Bertz CT molecular complexity index is 495. The van der Waals surface area contributed by atoms with Crippen LogP contribution in [-0.2, 0) is 20.1 Å². The third-order valence-corrected chi connectivity index (χ3v) is 5.32. The molecule has 4 nitrogen and oxygen atoms in total. The number of nitrogens with one attached hydrogen (secondary N) is 1. The minimum absolute atomic E-state index is 0.00389. The van der Waals surface area contributed by atoms with E-state index in [1.807, 2.05) is 12.1 Å². The van der Waals surface area contributed by atoms with Crippen LogP contribution in [0.4, 0.5) is 0 Å². The van der Waals surface area contributed by atoms with E-state index in [0.29, 0.717) is 4.90 Å². The topological polar surface area (TPSA) is 55.4 Å². The lowest BCUT2D eigenvalue weighted by Crippen LogP contribution is -2.47. The third kappa shape index (κ3) is 3.12. The van der Waals surface area contributed by atoms with E-state index in [2.05, 4.69) is 20.7 Å². The third-order valence-electron chi connectivity index (χ3n) is 3.14. The second-order valence-electron chi connectivity index (χ2n) is 4.42. The molecule has 0 aliphatic heterocycles. The molecule has 1 N–H and O–H groups in total. The first-order chi connectivity index (χ1) is 8.55. The predicted molar refractivity (Wildman–Crippen MR) is 73.2 cm³/mol. The SMILES string of the molecule is COC1CC(NS(=O)(=O)c2ccc(CBr)cc2)C1. The Balaban J connectivity index is 2.02. The molecule has 1 aromatic carbocycles. The second kappa shape index (κ2) is 5.69. The standard InChI is InChI=1S/C12H16BrNO3S/c1-17-11-6-10(7-11)14-18(15,16)12-4-2-9(8-13)3-5-12/h2-5,10-11,14H,6-8H2,1H3. The Hall–Kier alpha value is -0.430. The fraction of sp³-hybridized carbons (Fsp3) is 0.500. The van der Waals surface area contributed by atoms with E-state index in [-0.39, 0.29) is 12.1 Å². The predicted octanol–water partition coefficient (Wildman–Crippen LogP) is 2.04. The number of ether oxygens (including phenoxy) is 1.